The highest BCUT2D eigenvalue weighted by atomic mass is 19.1. The number of alkyl halides is 1. The molecule has 0 saturated carbocycles. The van der Waals surface area contributed by atoms with Crippen molar-refractivity contribution in [3.8, 4) is 0 Å². The first-order valence-electron chi connectivity index (χ1n) is 10.5. The largest absolute Gasteiger partial charge is 0.466 e. The number of esters is 1. The molecule has 0 aliphatic heterocycles. The predicted octanol–water partition coefficient (Wildman–Crippen LogP) is 7.01. The van der Waals surface area contributed by atoms with E-state index >= 15 is 0 Å². The van der Waals surface area contributed by atoms with E-state index in [0.717, 1.165) is 38.0 Å². The minimum Gasteiger partial charge on any atom is -0.466 e. The van der Waals surface area contributed by atoms with Gasteiger partial charge in [0.15, 0.2) is 0 Å². The molecule has 0 aromatic rings. The molecule has 0 radical (unpaired) electrons. The summed E-state index contributed by atoms with van der Waals surface area (Å²) in [7, 11) is 0. The fourth-order valence-electron chi connectivity index (χ4n) is 3.10. The molecule has 0 aromatic heterocycles. The van der Waals surface area contributed by atoms with Gasteiger partial charge in [-0.25, -0.2) is 0 Å². The van der Waals surface area contributed by atoms with Crippen LogP contribution in [0.1, 0.15) is 110 Å². The van der Waals surface area contributed by atoms with E-state index < -0.39 is 0 Å². The molecule has 0 aliphatic rings. The topological polar surface area (TPSA) is 26.3 Å². The lowest BCUT2D eigenvalue weighted by atomic mass is 9.92. The summed E-state index contributed by atoms with van der Waals surface area (Å²) >= 11 is 0. The van der Waals surface area contributed by atoms with Crippen LogP contribution in [0.5, 0.6) is 0 Å². The van der Waals surface area contributed by atoms with Gasteiger partial charge < -0.3 is 4.74 Å². The number of rotatable bonds is 18. The molecule has 0 rings (SSSR count). The van der Waals surface area contributed by atoms with Crippen molar-refractivity contribution < 1.29 is 13.9 Å². The third-order valence-electron chi connectivity index (χ3n) is 4.74. The van der Waals surface area contributed by atoms with E-state index in [1.807, 2.05) is 0 Å². The molecular formula is C21H41FO2. The molecule has 0 bridgehead atoms. The Morgan fingerprint density at radius 1 is 0.792 bits per heavy atom. The monoisotopic (exact) mass is 344 g/mol. The maximum atomic E-state index is 12.0. The van der Waals surface area contributed by atoms with Gasteiger partial charge >= 0.3 is 5.97 Å². The molecule has 3 heteroatoms. The van der Waals surface area contributed by atoms with Crippen molar-refractivity contribution in [3.05, 3.63) is 0 Å². The smallest absolute Gasteiger partial charge is 0.305 e. The second kappa shape index (κ2) is 18.7. The standard InChI is InChI=1S/C21H41FO2/c1-3-5-10-14-20(15-11-6-4-2)17-19-24-21(23)16-12-8-7-9-13-18-22/h20H,3-19H2,1-2H3. The van der Waals surface area contributed by atoms with E-state index in [0.29, 0.717) is 19.4 Å². The van der Waals surface area contributed by atoms with Crippen molar-refractivity contribution in [1.82, 2.24) is 0 Å². The lowest BCUT2D eigenvalue weighted by Crippen LogP contribution is -2.10. The summed E-state index contributed by atoms with van der Waals surface area (Å²) in [6.45, 7) is 4.85. The molecule has 0 unspecified atom stereocenters. The van der Waals surface area contributed by atoms with E-state index in [1.165, 1.54) is 51.4 Å². The van der Waals surface area contributed by atoms with E-state index in [1.54, 1.807) is 0 Å². The van der Waals surface area contributed by atoms with Crippen LogP contribution >= 0.6 is 0 Å². The quantitative estimate of drug-likeness (QED) is 0.197. The maximum absolute atomic E-state index is 12.0. The first-order chi connectivity index (χ1) is 11.7. The zero-order chi connectivity index (χ0) is 17.9. The van der Waals surface area contributed by atoms with Crippen LogP contribution in [0.2, 0.25) is 0 Å². The number of hydrogen-bond acceptors (Lipinski definition) is 2. The molecule has 0 spiro atoms. The minimum absolute atomic E-state index is 0.0543. The number of carbonyl (C=O) groups excluding carboxylic acids is 1. The molecule has 24 heavy (non-hydrogen) atoms. The minimum atomic E-state index is -0.222. The van der Waals surface area contributed by atoms with Crippen molar-refractivity contribution in [2.75, 3.05) is 13.3 Å². The van der Waals surface area contributed by atoms with Crippen molar-refractivity contribution in [3.63, 3.8) is 0 Å². The highest BCUT2D eigenvalue weighted by molar-refractivity contribution is 5.69. The van der Waals surface area contributed by atoms with Gasteiger partial charge in [0.25, 0.3) is 0 Å². The Labute approximate surface area is 149 Å². The van der Waals surface area contributed by atoms with E-state index in [-0.39, 0.29) is 12.6 Å². The summed E-state index contributed by atoms with van der Waals surface area (Å²) in [5.74, 6) is 0.665. The highest BCUT2D eigenvalue weighted by Crippen LogP contribution is 2.21. The molecule has 0 atom stereocenters. The van der Waals surface area contributed by atoms with Crippen molar-refractivity contribution >= 4 is 5.97 Å². The Morgan fingerprint density at radius 2 is 1.38 bits per heavy atom. The summed E-state index contributed by atoms with van der Waals surface area (Å²) in [6, 6.07) is 0. The Kier molecular flexibility index (Phi) is 18.3. The molecule has 0 saturated heterocycles. The summed E-state index contributed by atoms with van der Waals surface area (Å²) in [5, 5.41) is 0. The molecule has 0 amide bonds. The van der Waals surface area contributed by atoms with Gasteiger partial charge in [0.1, 0.15) is 0 Å². The summed E-state index contributed by atoms with van der Waals surface area (Å²) in [4.78, 5) is 11.8. The second-order valence-electron chi connectivity index (χ2n) is 7.07. The maximum Gasteiger partial charge on any atom is 0.305 e. The third-order valence-corrected chi connectivity index (χ3v) is 4.74. The molecule has 0 aliphatic carbocycles. The van der Waals surface area contributed by atoms with Gasteiger partial charge in [-0.15, -0.1) is 0 Å². The Hall–Kier alpha value is -0.600. The molecule has 0 N–H and O–H groups in total. The lowest BCUT2D eigenvalue weighted by Gasteiger charge is -2.16. The van der Waals surface area contributed by atoms with Crippen molar-refractivity contribution in [2.24, 2.45) is 5.92 Å². The molecule has 0 fully saturated rings. The number of unbranched alkanes of at least 4 members (excludes halogenated alkanes) is 8. The van der Waals surface area contributed by atoms with E-state index in [2.05, 4.69) is 13.8 Å². The zero-order valence-electron chi connectivity index (χ0n) is 16.3. The van der Waals surface area contributed by atoms with Gasteiger partial charge in [-0.05, 0) is 25.2 Å². The zero-order valence-corrected chi connectivity index (χ0v) is 16.3. The first-order valence-corrected chi connectivity index (χ1v) is 10.5. The number of ether oxygens (including phenoxy) is 1. The third kappa shape index (κ3) is 16.3. The van der Waals surface area contributed by atoms with Gasteiger partial charge in [0.2, 0.25) is 0 Å². The summed E-state index contributed by atoms with van der Waals surface area (Å²) < 4.78 is 17.4. The molecule has 144 valence electrons. The number of hydrogen-bond donors (Lipinski definition) is 0. The van der Waals surface area contributed by atoms with Crippen LogP contribution in [0.4, 0.5) is 4.39 Å². The van der Waals surface area contributed by atoms with Crippen LogP contribution in [0, 0.1) is 5.92 Å². The molecule has 2 nitrogen and oxygen atoms in total. The molecule has 0 aromatic carbocycles. The SMILES string of the molecule is CCCCCC(CCCCC)CCOC(=O)CCCCCCCF. The van der Waals surface area contributed by atoms with Gasteiger partial charge in [-0.3, -0.25) is 9.18 Å². The van der Waals surface area contributed by atoms with E-state index in [4.69, 9.17) is 4.74 Å². The van der Waals surface area contributed by atoms with Crippen LogP contribution in [-0.4, -0.2) is 19.3 Å². The average molecular weight is 345 g/mol. The lowest BCUT2D eigenvalue weighted by molar-refractivity contribution is -0.144. The Balaban J connectivity index is 3.71. The number of halogens is 1. The summed E-state index contributed by atoms with van der Waals surface area (Å²) in [6.07, 6.45) is 16.4. The van der Waals surface area contributed by atoms with Crippen LogP contribution in [0.25, 0.3) is 0 Å². The number of carbonyl (C=O) groups is 1. The Morgan fingerprint density at radius 3 is 1.96 bits per heavy atom. The van der Waals surface area contributed by atoms with Crippen molar-refractivity contribution in [1.29, 1.82) is 0 Å². The van der Waals surface area contributed by atoms with Crippen LogP contribution < -0.4 is 0 Å². The van der Waals surface area contributed by atoms with Gasteiger partial charge in [0, 0.05) is 6.42 Å². The normalized spacial score (nSPS) is 11.2. The average Bonchev–Trinajstić information content (AvgIpc) is 2.58. The highest BCUT2D eigenvalue weighted by Gasteiger charge is 2.10. The molecule has 0 heterocycles. The van der Waals surface area contributed by atoms with Gasteiger partial charge in [0.05, 0.1) is 13.3 Å². The fourth-order valence-corrected chi connectivity index (χ4v) is 3.10. The summed E-state index contributed by atoms with van der Waals surface area (Å²) in [5.41, 5.74) is 0. The van der Waals surface area contributed by atoms with E-state index in [9.17, 15) is 9.18 Å². The predicted molar refractivity (Wildman–Crippen MR) is 101 cm³/mol. The first kappa shape index (κ1) is 23.4. The van der Waals surface area contributed by atoms with Crippen LogP contribution in [-0.2, 0) is 9.53 Å². The molecular weight excluding hydrogens is 303 g/mol. The van der Waals surface area contributed by atoms with Gasteiger partial charge in [-0.1, -0.05) is 84.5 Å². The van der Waals surface area contributed by atoms with Crippen LogP contribution in [0.15, 0.2) is 0 Å². The van der Waals surface area contributed by atoms with Crippen LogP contribution in [0.3, 0.4) is 0 Å². The fraction of sp³-hybridized carbons (Fsp3) is 0.952. The van der Waals surface area contributed by atoms with Crippen molar-refractivity contribution in [2.45, 2.75) is 110 Å². The second-order valence-corrected chi connectivity index (χ2v) is 7.07. The van der Waals surface area contributed by atoms with Gasteiger partial charge in [-0.2, -0.15) is 0 Å². The Bertz CT molecular complexity index is 259.